The van der Waals surface area contributed by atoms with Gasteiger partial charge in [0.1, 0.15) is 17.1 Å². The maximum Gasteiger partial charge on any atom is 0.295 e. The number of carbonyl (C=O) groups excluding carboxylic acids is 2. The summed E-state index contributed by atoms with van der Waals surface area (Å²) in [6.45, 7) is 10.3. The van der Waals surface area contributed by atoms with E-state index in [0.717, 1.165) is 37.9 Å². The number of hydrogen-bond acceptors (Lipinski definition) is 7. The smallest absolute Gasteiger partial charge is 0.295 e. The topological polar surface area (TPSA) is 96.6 Å². The van der Waals surface area contributed by atoms with Crippen LogP contribution in [0.2, 0.25) is 0 Å². The Morgan fingerprint density at radius 2 is 1.90 bits per heavy atom. The quantitative estimate of drug-likeness (QED) is 0.176. The van der Waals surface area contributed by atoms with Gasteiger partial charge in [-0.1, -0.05) is 38.0 Å². The highest BCUT2D eigenvalue weighted by Crippen LogP contribution is 2.40. The van der Waals surface area contributed by atoms with E-state index in [1.165, 1.54) is 0 Å². The zero-order chi connectivity index (χ0) is 28.2. The molecule has 1 unspecified atom stereocenters. The number of ketones is 1. The zero-order valence-corrected chi connectivity index (χ0v) is 23.6. The van der Waals surface area contributed by atoms with Gasteiger partial charge in [0.15, 0.2) is 5.76 Å². The molecule has 0 radical (unpaired) electrons. The minimum atomic E-state index is -0.759. The van der Waals surface area contributed by atoms with Crippen LogP contribution < -0.4 is 4.74 Å². The van der Waals surface area contributed by atoms with Gasteiger partial charge in [0.2, 0.25) is 0 Å². The van der Waals surface area contributed by atoms with Gasteiger partial charge in [-0.3, -0.25) is 14.5 Å². The number of fused-ring (bicyclic) bond motifs is 1. The summed E-state index contributed by atoms with van der Waals surface area (Å²) in [5.74, 6) is -0.905. The number of aryl methyl sites for hydroxylation is 2. The highest BCUT2D eigenvalue weighted by molar-refractivity contribution is 6.46. The summed E-state index contributed by atoms with van der Waals surface area (Å²) in [5, 5.41) is 11.7. The Hall–Kier alpha value is -3.69. The Morgan fingerprint density at radius 1 is 1.10 bits per heavy atom. The van der Waals surface area contributed by atoms with Crippen LogP contribution >= 0.6 is 0 Å². The molecule has 40 heavy (non-hydrogen) atoms. The highest BCUT2D eigenvalue weighted by atomic mass is 16.5. The number of likely N-dealkylation sites (tertiary alicyclic amines) is 1. The van der Waals surface area contributed by atoms with E-state index in [-0.39, 0.29) is 11.3 Å². The number of benzene rings is 1. The Labute approximate surface area is 235 Å². The number of carbonyl (C=O) groups is 2. The molecule has 4 heterocycles. The van der Waals surface area contributed by atoms with E-state index in [2.05, 4.69) is 11.8 Å². The average Bonchev–Trinajstić information content (AvgIpc) is 3.44. The lowest BCUT2D eigenvalue weighted by molar-refractivity contribution is -0.140. The lowest BCUT2D eigenvalue weighted by Crippen LogP contribution is -2.42. The van der Waals surface area contributed by atoms with Crippen molar-refractivity contribution in [3.8, 4) is 5.75 Å². The van der Waals surface area contributed by atoms with Gasteiger partial charge in [-0.05, 0) is 49.6 Å². The zero-order valence-electron chi connectivity index (χ0n) is 23.6. The van der Waals surface area contributed by atoms with Crippen molar-refractivity contribution >= 4 is 23.1 Å². The van der Waals surface area contributed by atoms with Gasteiger partial charge in [0, 0.05) is 32.4 Å². The minimum Gasteiger partial charge on any atom is -0.505 e. The standard InChI is InChI=1S/C31H38N4O5/c1-4-5-6-17-40-24-11-7-10-23(20-24)27-25(28(36)26-22(3)34-12-8-9-21(2)30(34)32-26)29(37)31(38)35(27)14-13-33-15-18-39-19-16-33/h7-12,20,27,36H,4-6,13-19H2,1-3H3. The second-order valence-corrected chi connectivity index (χ2v) is 10.5. The second-order valence-electron chi connectivity index (χ2n) is 10.5. The fourth-order valence-corrected chi connectivity index (χ4v) is 5.52. The van der Waals surface area contributed by atoms with E-state index in [9.17, 15) is 14.7 Å². The van der Waals surface area contributed by atoms with Crippen molar-refractivity contribution < 1.29 is 24.2 Å². The normalized spacial score (nSPS) is 19.6. The molecule has 2 aliphatic heterocycles. The lowest BCUT2D eigenvalue weighted by Gasteiger charge is -2.31. The molecule has 212 valence electrons. The number of hydrogen-bond donors (Lipinski definition) is 1. The molecule has 1 atom stereocenters. The summed E-state index contributed by atoms with van der Waals surface area (Å²) in [4.78, 5) is 35.6. The van der Waals surface area contributed by atoms with Gasteiger partial charge in [-0.15, -0.1) is 0 Å². The Morgan fingerprint density at radius 3 is 2.65 bits per heavy atom. The van der Waals surface area contributed by atoms with E-state index in [1.54, 1.807) is 4.90 Å². The van der Waals surface area contributed by atoms with Gasteiger partial charge in [-0.2, -0.15) is 0 Å². The summed E-state index contributed by atoms with van der Waals surface area (Å²) in [6, 6.07) is 10.6. The monoisotopic (exact) mass is 546 g/mol. The number of unbranched alkanes of at least 4 members (excludes halogenated alkanes) is 2. The number of pyridine rings is 1. The maximum absolute atomic E-state index is 13.6. The molecular formula is C31H38N4O5. The first-order valence-electron chi connectivity index (χ1n) is 14.2. The van der Waals surface area contributed by atoms with Crippen molar-refractivity contribution in [3.63, 3.8) is 0 Å². The molecule has 0 bridgehead atoms. The van der Waals surface area contributed by atoms with Crippen LogP contribution in [-0.4, -0.2) is 82.0 Å². The number of morpholine rings is 1. The summed E-state index contributed by atoms with van der Waals surface area (Å²) in [7, 11) is 0. The van der Waals surface area contributed by atoms with Gasteiger partial charge in [0.25, 0.3) is 11.7 Å². The van der Waals surface area contributed by atoms with E-state index < -0.39 is 17.7 Å². The van der Waals surface area contributed by atoms with Gasteiger partial charge in [0.05, 0.1) is 37.1 Å². The van der Waals surface area contributed by atoms with Crippen molar-refractivity contribution in [2.24, 2.45) is 0 Å². The molecule has 0 spiro atoms. The average molecular weight is 547 g/mol. The van der Waals surface area contributed by atoms with Crippen LogP contribution in [0.5, 0.6) is 5.75 Å². The number of aromatic nitrogens is 2. The van der Waals surface area contributed by atoms with Crippen LogP contribution in [0.1, 0.15) is 54.7 Å². The Balaban J connectivity index is 1.56. The molecule has 9 nitrogen and oxygen atoms in total. The van der Waals surface area contributed by atoms with Crippen LogP contribution in [0.15, 0.2) is 48.2 Å². The fourth-order valence-electron chi connectivity index (χ4n) is 5.52. The summed E-state index contributed by atoms with van der Waals surface area (Å²) >= 11 is 0. The molecule has 2 saturated heterocycles. The first-order valence-corrected chi connectivity index (χ1v) is 14.2. The third-order valence-electron chi connectivity index (χ3n) is 7.80. The van der Waals surface area contributed by atoms with Crippen molar-refractivity contribution in [1.82, 2.24) is 19.2 Å². The highest BCUT2D eigenvalue weighted by Gasteiger charge is 2.46. The molecule has 2 fully saturated rings. The number of imidazole rings is 1. The van der Waals surface area contributed by atoms with Gasteiger partial charge < -0.3 is 23.9 Å². The van der Waals surface area contributed by atoms with Gasteiger partial charge >= 0.3 is 0 Å². The largest absolute Gasteiger partial charge is 0.505 e. The molecule has 1 aromatic carbocycles. The van der Waals surface area contributed by atoms with Crippen LogP contribution in [0.3, 0.4) is 0 Å². The minimum absolute atomic E-state index is 0.0549. The van der Waals surface area contributed by atoms with Crippen molar-refractivity contribution in [3.05, 3.63) is 70.7 Å². The number of rotatable bonds is 10. The van der Waals surface area contributed by atoms with Gasteiger partial charge in [-0.25, -0.2) is 4.98 Å². The molecule has 0 saturated carbocycles. The lowest BCUT2D eigenvalue weighted by atomic mass is 9.96. The maximum atomic E-state index is 13.6. The molecule has 5 rings (SSSR count). The van der Waals surface area contributed by atoms with Crippen LogP contribution in [0, 0.1) is 13.8 Å². The first-order chi connectivity index (χ1) is 19.4. The number of amides is 1. The van der Waals surface area contributed by atoms with E-state index >= 15 is 0 Å². The molecule has 9 heteroatoms. The van der Waals surface area contributed by atoms with E-state index in [1.807, 2.05) is 60.8 Å². The number of nitrogens with zero attached hydrogens (tertiary/aromatic N) is 4. The summed E-state index contributed by atoms with van der Waals surface area (Å²) in [5.41, 5.74) is 3.41. The molecule has 1 N–H and O–H groups in total. The first kappa shape index (κ1) is 27.9. The van der Waals surface area contributed by atoms with Crippen LogP contribution in [-0.2, 0) is 14.3 Å². The van der Waals surface area contributed by atoms with Crippen LogP contribution in [0.25, 0.3) is 11.4 Å². The summed E-state index contributed by atoms with van der Waals surface area (Å²) < 4.78 is 13.4. The molecular weight excluding hydrogens is 508 g/mol. The Kier molecular flexibility index (Phi) is 8.52. The molecule has 2 aliphatic rings. The number of Topliss-reactive ketones (excluding diaryl/α,β-unsaturated/α-hetero) is 1. The van der Waals surface area contributed by atoms with Crippen molar-refractivity contribution in [2.45, 2.75) is 46.1 Å². The summed E-state index contributed by atoms with van der Waals surface area (Å²) in [6.07, 6.45) is 5.01. The molecule has 2 aromatic heterocycles. The predicted octanol–water partition coefficient (Wildman–Crippen LogP) is 4.27. The molecule has 1 amide bonds. The third-order valence-corrected chi connectivity index (χ3v) is 7.80. The fraction of sp³-hybridized carbons (Fsp3) is 0.452. The number of ether oxygens (including phenoxy) is 2. The molecule has 0 aliphatic carbocycles. The number of aliphatic hydroxyl groups is 1. The SMILES string of the molecule is CCCCCOc1cccc(C2C(=C(O)c3nc4c(C)cccn4c3C)C(=O)C(=O)N2CCN2CCOCC2)c1. The second kappa shape index (κ2) is 12.2. The van der Waals surface area contributed by atoms with E-state index in [0.29, 0.717) is 61.3 Å². The predicted molar refractivity (Wildman–Crippen MR) is 152 cm³/mol. The third kappa shape index (κ3) is 5.48. The molecule has 3 aromatic rings. The van der Waals surface area contributed by atoms with E-state index in [4.69, 9.17) is 14.5 Å². The number of aliphatic hydroxyl groups excluding tert-OH is 1. The van der Waals surface area contributed by atoms with Crippen molar-refractivity contribution in [1.29, 1.82) is 0 Å². The van der Waals surface area contributed by atoms with Crippen molar-refractivity contribution in [2.75, 3.05) is 46.0 Å². The Bertz CT molecular complexity index is 1420. The van der Waals surface area contributed by atoms with Crippen LogP contribution in [0.4, 0.5) is 0 Å².